The molecule has 0 fully saturated rings. The predicted molar refractivity (Wildman–Crippen MR) is 62.4 cm³/mol. The third kappa shape index (κ3) is 1.72. The lowest BCUT2D eigenvalue weighted by atomic mass is 10.2. The SMILES string of the molecule is COc1ccc(-n2ccc(C=O)c2C)cc1. The summed E-state index contributed by atoms with van der Waals surface area (Å²) in [6.45, 7) is 1.92. The summed E-state index contributed by atoms with van der Waals surface area (Å²) in [6, 6.07) is 9.53. The first kappa shape index (κ1) is 10.5. The molecule has 3 nitrogen and oxygen atoms in total. The lowest BCUT2D eigenvalue weighted by Gasteiger charge is -2.07. The number of carbonyl (C=O) groups is 1. The molecule has 0 atom stereocenters. The monoisotopic (exact) mass is 215 g/mol. The molecule has 0 amide bonds. The van der Waals surface area contributed by atoms with Crippen molar-refractivity contribution >= 4 is 6.29 Å². The maximum absolute atomic E-state index is 10.7. The number of nitrogens with zero attached hydrogens (tertiary/aromatic N) is 1. The van der Waals surface area contributed by atoms with Gasteiger partial charge in [-0.1, -0.05) is 0 Å². The highest BCUT2D eigenvalue weighted by atomic mass is 16.5. The summed E-state index contributed by atoms with van der Waals surface area (Å²) < 4.78 is 7.07. The summed E-state index contributed by atoms with van der Waals surface area (Å²) in [4.78, 5) is 10.7. The van der Waals surface area contributed by atoms with Crippen LogP contribution in [0.3, 0.4) is 0 Å². The highest BCUT2D eigenvalue weighted by Gasteiger charge is 2.05. The minimum atomic E-state index is 0.718. The van der Waals surface area contributed by atoms with E-state index in [4.69, 9.17) is 4.74 Å². The van der Waals surface area contributed by atoms with Crippen LogP contribution in [0, 0.1) is 6.92 Å². The van der Waals surface area contributed by atoms with Crippen LogP contribution in [0.2, 0.25) is 0 Å². The zero-order valence-electron chi connectivity index (χ0n) is 9.31. The molecule has 0 saturated heterocycles. The molecule has 0 saturated carbocycles. The van der Waals surface area contributed by atoms with Crippen molar-refractivity contribution in [2.24, 2.45) is 0 Å². The van der Waals surface area contributed by atoms with Crippen LogP contribution in [0.4, 0.5) is 0 Å². The molecule has 1 aromatic carbocycles. The molecule has 0 aliphatic carbocycles. The number of aldehydes is 1. The number of rotatable bonds is 3. The Morgan fingerprint density at radius 3 is 2.38 bits per heavy atom. The van der Waals surface area contributed by atoms with E-state index in [2.05, 4.69) is 0 Å². The van der Waals surface area contributed by atoms with E-state index in [1.54, 1.807) is 7.11 Å². The quantitative estimate of drug-likeness (QED) is 0.737. The maximum atomic E-state index is 10.7. The zero-order chi connectivity index (χ0) is 11.5. The lowest BCUT2D eigenvalue weighted by molar-refractivity contribution is 0.112. The molecule has 0 N–H and O–H groups in total. The minimum absolute atomic E-state index is 0.718. The van der Waals surface area contributed by atoms with Gasteiger partial charge in [-0.15, -0.1) is 0 Å². The Bertz CT molecular complexity index is 497. The van der Waals surface area contributed by atoms with Gasteiger partial charge in [0.15, 0.2) is 6.29 Å². The van der Waals surface area contributed by atoms with Crippen molar-refractivity contribution in [3.8, 4) is 11.4 Å². The van der Waals surface area contributed by atoms with Crippen LogP contribution in [0.5, 0.6) is 5.75 Å². The smallest absolute Gasteiger partial charge is 0.151 e. The van der Waals surface area contributed by atoms with Crippen molar-refractivity contribution in [3.63, 3.8) is 0 Å². The van der Waals surface area contributed by atoms with Crippen molar-refractivity contribution in [1.29, 1.82) is 0 Å². The summed E-state index contributed by atoms with van der Waals surface area (Å²) in [7, 11) is 1.64. The van der Waals surface area contributed by atoms with E-state index in [-0.39, 0.29) is 0 Å². The Balaban J connectivity index is 2.42. The van der Waals surface area contributed by atoms with E-state index in [1.165, 1.54) is 0 Å². The van der Waals surface area contributed by atoms with Crippen molar-refractivity contribution in [2.75, 3.05) is 7.11 Å². The van der Waals surface area contributed by atoms with E-state index < -0.39 is 0 Å². The number of hydrogen-bond donors (Lipinski definition) is 0. The van der Waals surface area contributed by atoms with Crippen LogP contribution in [0.1, 0.15) is 16.1 Å². The van der Waals surface area contributed by atoms with Gasteiger partial charge in [0.2, 0.25) is 0 Å². The number of hydrogen-bond acceptors (Lipinski definition) is 2. The van der Waals surface area contributed by atoms with E-state index in [0.717, 1.165) is 29.0 Å². The fourth-order valence-corrected chi connectivity index (χ4v) is 1.67. The zero-order valence-corrected chi connectivity index (χ0v) is 9.31. The molecule has 2 rings (SSSR count). The molecule has 3 heteroatoms. The number of aromatic nitrogens is 1. The van der Waals surface area contributed by atoms with E-state index in [9.17, 15) is 4.79 Å². The van der Waals surface area contributed by atoms with Crippen LogP contribution in [-0.4, -0.2) is 18.0 Å². The van der Waals surface area contributed by atoms with Crippen LogP contribution in [0.15, 0.2) is 36.5 Å². The lowest BCUT2D eigenvalue weighted by Crippen LogP contribution is -1.96. The second-order valence-electron chi connectivity index (χ2n) is 3.54. The molecule has 0 aliphatic heterocycles. The molecule has 82 valence electrons. The first-order valence-corrected chi connectivity index (χ1v) is 5.04. The van der Waals surface area contributed by atoms with Gasteiger partial charge in [-0.05, 0) is 37.3 Å². The van der Waals surface area contributed by atoms with E-state index >= 15 is 0 Å². The Morgan fingerprint density at radius 2 is 1.88 bits per heavy atom. The van der Waals surface area contributed by atoms with E-state index in [1.807, 2.05) is 48.0 Å². The first-order chi connectivity index (χ1) is 7.76. The van der Waals surface area contributed by atoms with Crippen LogP contribution >= 0.6 is 0 Å². The summed E-state index contributed by atoms with van der Waals surface area (Å²) in [5, 5.41) is 0. The minimum Gasteiger partial charge on any atom is -0.497 e. The second-order valence-corrected chi connectivity index (χ2v) is 3.54. The number of methoxy groups -OCH3 is 1. The second kappa shape index (κ2) is 4.23. The van der Waals surface area contributed by atoms with E-state index in [0.29, 0.717) is 0 Å². The van der Waals surface area contributed by atoms with Gasteiger partial charge in [0.25, 0.3) is 0 Å². The Labute approximate surface area is 94.3 Å². The summed E-state index contributed by atoms with van der Waals surface area (Å²) in [5.74, 6) is 0.823. The average molecular weight is 215 g/mol. The van der Waals surface area contributed by atoms with Crippen molar-refractivity contribution < 1.29 is 9.53 Å². The third-order valence-corrected chi connectivity index (χ3v) is 2.66. The van der Waals surface area contributed by atoms with Gasteiger partial charge in [0.1, 0.15) is 5.75 Å². The molecule has 2 aromatic rings. The van der Waals surface area contributed by atoms with Crippen molar-refractivity contribution in [3.05, 3.63) is 47.8 Å². The first-order valence-electron chi connectivity index (χ1n) is 5.04. The molecule has 1 heterocycles. The fourth-order valence-electron chi connectivity index (χ4n) is 1.67. The standard InChI is InChI=1S/C13H13NO2/c1-10-11(9-15)7-8-14(10)12-3-5-13(16-2)6-4-12/h3-9H,1-2H3. The number of benzene rings is 1. The highest BCUT2D eigenvalue weighted by Crippen LogP contribution is 2.18. The van der Waals surface area contributed by atoms with Gasteiger partial charge in [0.05, 0.1) is 7.11 Å². The largest absolute Gasteiger partial charge is 0.497 e. The van der Waals surface area contributed by atoms with Gasteiger partial charge in [-0.2, -0.15) is 0 Å². The van der Waals surface area contributed by atoms with Gasteiger partial charge < -0.3 is 9.30 Å². The molecule has 1 aromatic heterocycles. The molecular formula is C13H13NO2. The van der Waals surface area contributed by atoms with Crippen molar-refractivity contribution in [1.82, 2.24) is 4.57 Å². The van der Waals surface area contributed by atoms with Gasteiger partial charge >= 0.3 is 0 Å². The number of carbonyl (C=O) groups excluding carboxylic acids is 1. The summed E-state index contributed by atoms with van der Waals surface area (Å²) in [5.41, 5.74) is 2.68. The topological polar surface area (TPSA) is 31.2 Å². The van der Waals surface area contributed by atoms with Gasteiger partial charge in [-0.3, -0.25) is 4.79 Å². The fraction of sp³-hybridized carbons (Fsp3) is 0.154. The molecule has 0 radical (unpaired) electrons. The van der Waals surface area contributed by atoms with Crippen LogP contribution in [-0.2, 0) is 0 Å². The van der Waals surface area contributed by atoms with Crippen LogP contribution < -0.4 is 4.74 Å². The molecule has 0 spiro atoms. The summed E-state index contributed by atoms with van der Waals surface area (Å²) >= 11 is 0. The predicted octanol–water partition coefficient (Wildman–Crippen LogP) is 2.61. The third-order valence-electron chi connectivity index (χ3n) is 2.66. The normalized spacial score (nSPS) is 10.1. The summed E-state index contributed by atoms with van der Waals surface area (Å²) in [6.07, 6.45) is 2.76. The Hall–Kier alpha value is -2.03. The van der Waals surface area contributed by atoms with Gasteiger partial charge in [0, 0.05) is 23.1 Å². The molecule has 0 aliphatic rings. The molecule has 0 unspecified atom stereocenters. The molecule has 16 heavy (non-hydrogen) atoms. The van der Waals surface area contributed by atoms with Crippen LogP contribution in [0.25, 0.3) is 5.69 Å². The number of ether oxygens (including phenoxy) is 1. The molecular weight excluding hydrogens is 202 g/mol. The van der Waals surface area contributed by atoms with Crippen molar-refractivity contribution in [2.45, 2.75) is 6.92 Å². The van der Waals surface area contributed by atoms with Gasteiger partial charge in [-0.25, -0.2) is 0 Å². The Kier molecular flexibility index (Phi) is 2.77. The maximum Gasteiger partial charge on any atom is 0.151 e. The highest BCUT2D eigenvalue weighted by molar-refractivity contribution is 5.77. The average Bonchev–Trinajstić information content (AvgIpc) is 2.70. The Morgan fingerprint density at radius 1 is 1.19 bits per heavy atom. The molecule has 0 bridgehead atoms.